The number of thioether (sulfide) groups is 1. The average molecular weight is 492 g/mol. The lowest BCUT2D eigenvalue weighted by molar-refractivity contribution is -0.121. The van der Waals surface area contributed by atoms with Crippen LogP contribution in [-0.4, -0.2) is 64.5 Å². The second-order valence-electron chi connectivity index (χ2n) is 7.39. The van der Waals surface area contributed by atoms with Crippen molar-refractivity contribution in [3.8, 4) is 0 Å². The fourth-order valence-corrected chi connectivity index (χ4v) is 4.43. The molecule has 0 radical (unpaired) electrons. The van der Waals surface area contributed by atoms with E-state index in [-0.39, 0.29) is 16.9 Å². The van der Waals surface area contributed by atoms with E-state index in [0.29, 0.717) is 17.4 Å². The molecule has 33 heavy (non-hydrogen) atoms. The molecule has 176 valence electrons. The zero-order valence-electron chi connectivity index (χ0n) is 18.9. The molecule has 1 aromatic carbocycles. The van der Waals surface area contributed by atoms with Gasteiger partial charge in [-0.2, -0.15) is 4.98 Å². The van der Waals surface area contributed by atoms with E-state index < -0.39 is 21.8 Å². The first kappa shape index (κ1) is 24.6. The summed E-state index contributed by atoms with van der Waals surface area (Å²) >= 11 is 1.42. The third-order valence-corrected chi connectivity index (χ3v) is 7.35. The maximum absolute atomic E-state index is 12.4. The van der Waals surface area contributed by atoms with Crippen LogP contribution in [0.3, 0.4) is 0 Å². The minimum atomic E-state index is -3.68. The van der Waals surface area contributed by atoms with Gasteiger partial charge in [0.25, 0.3) is 11.7 Å². The summed E-state index contributed by atoms with van der Waals surface area (Å²) in [5.74, 6) is -0.516. The number of sulfonamides is 1. The minimum absolute atomic E-state index is 0.0157. The number of amides is 2. The van der Waals surface area contributed by atoms with Crippen LogP contribution < -0.4 is 10.9 Å². The van der Waals surface area contributed by atoms with E-state index in [1.54, 1.807) is 4.52 Å². The van der Waals surface area contributed by atoms with Crippen molar-refractivity contribution in [2.75, 3.05) is 20.4 Å². The van der Waals surface area contributed by atoms with Crippen molar-refractivity contribution < 1.29 is 18.0 Å². The molecule has 0 aliphatic rings. The number of benzene rings is 1. The summed E-state index contributed by atoms with van der Waals surface area (Å²) in [5, 5.41) is 5.01. The maximum Gasteiger partial charge on any atom is 0.269 e. The molecular weight excluding hydrogens is 466 g/mol. The molecule has 3 rings (SSSR count). The van der Waals surface area contributed by atoms with Crippen molar-refractivity contribution in [3.05, 3.63) is 46.8 Å². The van der Waals surface area contributed by atoms with Crippen molar-refractivity contribution in [1.29, 1.82) is 0 Å². The first-order valence-electron chi connectivity index (χ1n) is 9.93. The van der Waals surface area contributed by atoms with E-state index in [0.717, 1.165) is 21.3 Å². The molecular formula is C20H25N7O4S2. The lowest BCUT2D eigenvalue weighted by Gasteiger charge is -2.13. The van der Waals surface area contributed by atoms with Crippen molar-refractivity contribution in [1.82, 2.24) is 34.7 Å². The third-order valence-electron chi connectivity index (χ3n) is 5.00. The van der Waals surface area contributed by atoms with Crippen LogP contribution in [0.25, 0.3) is 5.78 Å². The molecule has 0 aliphatic carbocycles. The number of hydrazine groups is 1. The van der Waals surface area contributed by atoms with Crippen LogP contribution in [0.5, 0.6) is 0 Å². The number of hydrogen-bond donors (Lipinski definition) is 2. The van der Waals surface area contributed by atoms with E-state index in [1.165, 1.54) is 50.1 Å². The predicted molar refractivity (Wildman–Crippen MR) is 123 cm³/mol. The molecule has 2 N–H and O–H groups in total. The van der Waals surface area contributed by atoms with Crippen molar-refractivity contribution in [2.45, 2.75) is 36.7 Å². The molecule has 0 spiro atoms. The molecule has 0 atom stereocenters. The highest BCUT2D eigenvalue weighted by molar-refractivity contribution is 7.98. The van der Waals surface area contributed by atoms with Gasteiger partial charge in [-0.15, -0.1) is 5.10 Å². The Kier molecular flexibility index (Phi) is 7.34. The Hall–Kier alpha value is -3.03. The summed E-state index contributed by atoms with van der Waals surface area (Å²) in [7, 11) is -0.868. The summed E-state index contributed by atoms with van der Waals surface area (Å²) in [6.45, 7) is 3.74. The van der Waals surface area contributed by atoms with Gasteiger partial charge in [0.2, 0.25) is 21.1 Å². The number of aromatic nitrogens is 4. The second kappa shape index (κ2) is 9.85. The Morgan fingerprint density at radius 3 is 2.55 bits per heavy atom. The highest BCUT2D eigenvalue weighted by Gasteiger charge is 2.19. The third kappa shape index (κ3) is 5.31. The largest absolute Gasteiger partial charge is 0.273 e. The highest BCUT2D eigenvalue weighted by Crippen LogP contribution is 2.18. The lowest BCUT2D eigenvalue weighted by atomic mass is 10.1. The number of carbonyl (C=O) groups is 2. The lowest BCUT2D eigenvalue weighted by Crippen LogP contribution is -2.41. The van der Waals surface area contributed by atoms with E-state index in [1.807, 2.05) is 20.1 Å². The van der Waals surface area contributed by atoms with E-state index in [9.17, 15) is 18.0 Å². The highest BCUT2D eigenvalue weighted by atomic mass is 32.2. The summed E-state index contributed by atoms with van der Waals surface area (Å²) < 4.78 is 27.2. The van der Waals surface area contributed by atoms with Gasteiger partial charge in [-0.1, -0.05) is 17.8 Å². The van der Waals surface area contributed by atoms with Crippen molar-refractivity contribution >= 4 is 39.4 Å². The Bertz CT molecular complexity index is 1320. The summed E-state index contributed by atoms with van der Waals surface area (Å²) in [6, 6.07) is 5.59. The molecule has 2 aromatic heterocycles. The molecule has 13 heteroatoms. The second-order valence-corrected chi connectivity index (χ2v) is 10.3. The first-order valence-corrected chi connectivity index (χ1v) is 12.6. The fourth-order valence-electron chi connectivity index (χ4n) is 3.15. The summed E-state index contributed by atoms with van der Waals surface area (Å²) in [6.07, 6.45) is 2.38. The number of nitrogens with one attached hydrogen (secondary N) is 2. The van der Waals surface area contributed by atoms with Gasteiger partial charge in [0.05, 0.1) is 4.90 Å². The van der Waals surface area contributed by atoms with Gasteiger partial charge in [0.15, 0.2) is 0 Å². The molecule has 2 amide bonds. The zero-order chi connectivity index (χ0) is 24.3. The number of carbonyl (C=O) groups excluding carboxylic acids is 2. The molecule has 2 heterocycles. The molecule has 0 aliphatic heterocycles. The minimum Gasteiger partial charge on any atom is -0.273 e. The van der Waals surface area contributed by atoms with Crippen LogP contribution in [0.15, 0.2) is 34.3 Å². The normalized spacial score (nSPS) is 11.7. The number of rotatable bonds is 7. The molecule has 0 fully saturated rings. The Balaban J connectivity index is 1.63. The van der Waals surface area contributed by atoms with Gasteiger partial charge in [-0.05, 0) is 50.3 Å². The van der Waals surface area contributed by atoms with Crippen LogP contribution in [-0.2, 0) is 21.2 Å². The first-order chi connectivity index (χ1) is 15.5. The van der Waals surface area contributed by atoms with Crippen LogP contribution in [0.4, 0.5) is 0 Å². The topological polar surface area (TPSA) is 139 Å². The Labute approximate surface area is 196 Å². The standard InChI is InChI=1S/C20H25N7O4S2/c1-12-16(13(2)27-19(21-12)22-20(25-27)32-5)9-10-17(28)23-24-18(29)14-7-6-8-15(11-14)33(30,31)26(3)4/h6-8,11H,9-10H2,1-5H3,(H,23,28)(H,24,29). The number of fused-ring (bicyclic) bond motifs is 1. The smallest absolute Gasteiger partial charge is 0.269 e. The Morgan fingerprint density at radius 2 is 1.88 bits per heavy atom. The van der Waals surface area contributed by atoms with Gasteiger partial charge in [-0.3, -0.25) is 20.4 Å². The summed E-state index contributed by atoms with van der Waals surface area (Å²) in [5.41, 5.74) is 7.28. The fraction of sp³-hybridized carbons (Fsp3) is 0.350. The van der Waals surface area contributed by atoms with E-state index in [2.05, 4.69) is 25.9 Å². The summed E-state index contributed by atoms with van der Waals surface area (Å²) in [4.78, 5) is 33.5. The zero-order valence-corrected chi connectivity index (χ0v) is 20.5. The quantitative estimate of drug-likeness (QED) is 0.370. The van der Waals surface area contributed by atoms with Crippen molar-refractivity contribution in [3.63, 3.8) is 0 Å². The maximum atomic E-state index is 12.4. The average Bonchev–Trinajstić information content (AvgIpc) is 3.20. The molecule has 0 bridgehead atoms. The molecule has 0 saturated carbocycles. The van der Waals surface area contributed by atoms with Gasteiger partial charge in [-0.25, -0.2) is 22.2 Å². The molecule has 11 nitrogen and oxygen atoms in total. The molecule has 0 unspecified atom stereocenters. The molecule has 0 saturated heterocycles. The number of nitrogens with zero attached hydrogens (tertiary/aromatic N) is 5. The van der Waals surface area contributed by atoms with Crippen LogP contribution >= 0.6 is 11.8 Å². The number of aryl methyl sites for hydroxylation is 2. The Morgan fingerprint density at radius 1 is 1.15 bits per heavy atom. The van der Waals surface area contributed by atoms with Crippen LogP contribution in [0.1, 0.15) is 33.7 Å². The van der Waals surface area contributed by atoms with Gasteiger partial charge >= 0.3 is 0 Å². The SMILES string of the molecule is CSc1nc2nc(C)c(CCC(=O)NNC(=O)c3cccc(S(=O)(=O)N(C)C)c3)c(C)n2n1. The predicted octanol–water partition coefficient (Wildman–Crippen LogP) is 1.11. The van der Waals surface area contributed by atoms with Gasteiger partial charge in [0, 0.05) is 37.5 Å². The van der Waals surface area contributed by atoms with E-state index >= 15 is 0 Å². The monoisotopic (exact) mass is 491 g/mol. The van der Waals surface area contributed by atoms with Crippen LogP contribution in [0.2, 0.25) is 0 Å². The molecule has 3 aromatic rings. The number of hydrogen-bond acceptors (Lipinski definition) is 8. The van der Waals surface area contributed by atoms with Gasteiger partial charge < -0.3 is 0 Å². The van der Waals surface area contributed by atoms with Gasteiger partial charge in [0.1, 0.15) is 0 Å². The van der Waals surface area contributed by atoms with E-state index in [4.69, 9.17) is 0 Å². The van der Waals surface area contributed by atoms with Crippen molar-refractivity contribution in [2.24, 2.45) is 0 Å². The van der Waals surface area contributed by atoms with Crippen LogP contribution in [0, 0.1) is 13.8 Å².